The second-order valence-electron chi connectivity index (χ2n) is 8.14. The highest BCUT2D eigenvalue weighted by molar-refractivity contribution is 5.64. The fourth-order valence-corrected chi connectivity index (χ4v) is 2.99. The first-order chi connectivity index (χ1) is 14.6. The molecule has 0 radical (unpaired) electrons. The lowest BCUT2D eigenvalue weighted by Gasteiger charge is -2.17. The predicted octanol–water partition coefficient (Wildman–Crippen LogP) is 8.63. The molecule has 4 N–H and O–H groups in total. The van der Waals surface area contributed by atoms with Crippen LogP contribution in [0.1, 0.15) is 120 Å². The molecule has 2 aromatic carbocycles. The van der Waals surface area contributed by atoms with Crippen LogP contribution < -0.4 is 11.5 Å². The molecule has 0 spiro atoms. The van der Waals surface area contributed by atoms with Crippen molar-refractivity contribution in [3.05, 3.63) is 76.0 Å². The van der Waals surface area contributed by atoms with Gasteiger partial charge in [-0.15, -0.1) is 0 Å². The Labute approximate surface area is 194 Å². The average molecular weight is 427 g/mol. The summed E-state index contributed by atoms with van der Waals surface area (Å²) in [4.78, 5) is 0. The molecular weight excluding hydrogens is 376 g/mol. The van der Waals surface area contributed by atoms with E-state index in [0.29, 0.717) is 11.8 Å². The fourth-order valence-electron chi connectivity index (χ4n) is 2.99. The maximum Gasteiger partial charge on any atom is 0.0266 e. The van der Waals surface area contributed by atoms with Gasteiger partial charge in [-0.2, -0.15) is 0 Å². The number of allylic oxidation sites excluding steroid dienone is 1. The summed E-state index contributed by atoms with van der Waals surface area (Å²) in [5, 5.41) is 0. The van der Waals surface area contributed by atoms with Gasteiger partial charge in [-0.25, -0.2) is 0 Å². The van der Waals surface area contributed by atoms with Gasteiger partial charge in [-0.05, 0) is 84.7 Å². The Hall–Kier alpha value is -2.06. The number of benzene rings is 2. The van der Waals surface area contributed by atoms with Crippen molar-refractivity contribution in [2.24, 2.45) is 11.5 Å². The molecule has 1 unspecified atom stereocenters. The molecule has 0 aliphatic rings. The van der Waals surface area contributed by atoms with Gasteiger partial charge in [-0.3, -0.25) is 0 Å². The summed E-state index contributed by atoms with van der Waals surface area (Å²) in [5.74, 6) is 1.14. The van der Waals surface area contributed by atoms with E-state index in [-0.39, 0.29) is 6.04 Å². The van der Waals surface area contributed by atoms with E-state index in [1.165, 1.54) is 33.4 Å². The molecule has 0 aromatic heterocycles. The molecule has 176 valence electrons. The third kappa shape index (κ3) is 10.7. The number of hydrogen-bond acceptors (Lipinski definition) is 2. The van der Waals surface area contributed by atoms with Crippen LogP contribution in [0, 0.1) is 13.8 Å². The van der Waals surface area contributed by atoms with Crippen LogP contribution in [0.25, 0.3) is 5.57 Å². The highest BCUT2D eigenvalue weighted by Crippen LogP contribution is 2.29. The Morgan fingerprint density at radius 3 is 1.65 bits per heavy atom. The van der Waals surface area contributed by atoms with E-state index >= 15 is 0 Å². The minimum absolute atomic E-state index is 0.147. The molecule has 0 saturated heterocycles. The fraction of sp³-hybridized carbons (Fsp3) is 0.517. The summed E-state index contributed by atoms with van der Waals surface area (Å²) in [5.41, 5.74) is 20.4. The molecule has 0 bridgehead atoms. The molecule has 2 aromatic rings. The summed E-state index contributed by atoms with van der Waals surface area (Å²) in [6.07, 6.45) is 1.68. The van der Waals surface area contributed by atoms with Gasteiger partial charge in [0.2, 0.25) is 0 Å². The molecule has 2 nitrogen and oxygen atoms in total. The van der Waals surface area contributed by atoms with Crippen LogP contribution in [0.2, 0.25) is 0 Å². The van der Waals surface area contributed by atoms with Crippen molar-refractivity contribution >= 4 is 5.57 Å². The number of nitrogens with two attached hydrogens (primary N) is 2. The molecule has 31 heavy (non-hydrogen) atoms. The predicted molar refractivity (Wildman–Crippen MR) is 144 cm³/mol. The lowest BCUT2D eigenvalue weighted by atomic mass is 9.88. The molecule has 0 aliphatic carbocycles. The van der Waals surface area contributed by atoms with E-state index < -0.39 is 0 Å². The zero-order valence-electron chi connectivity index (χ0n) is 22.4. The molecule has 0 fully saturated rings. The second kappa shape index (κ2) is 16.6. The van der Waals surface area contributed by atoms with Crippen LogP contribution >= 0.6 is 0 Å². The van der Waals surface area contributed by atoms with Gasteiger partial charge in [-0.1, -0.05) is 91.8 Å². The molecule has 2 heteroatoms. The molecule has 0 aliphatic heterocycles. The summed E-state index contributed by atoms with van der Waals surface area (Å²) < 4.78 is 0. The Morgan fingerprint density at radius 1 is 0.742 bits per heavy atom. The SMILES string of the molecule is C/C(=C\N)c1ccc(C(C)C)c(C(C)C)c1.CC.CC.Cc1ccc(C(C)N)cc1C. The summed E-state index contributed by atoms with van der Waals surface area (Å²) in [6, 6.07) is 13.2. The smallest absolute Gasteiger partial charge is 0.0266 e. The lowest BCUT2D eigenvalue weighted by molar-refractivity contribution is 0.789. The van der Waals surface area contributed by atoms with Crippen LogP contribution in [0.5, 0.6) is 0 Å². The minimum Gasteiger partial charge on any atom is -0.404 e. The first kappa shape index (κ1) is 31.1. The van der Waals surface area contributed by atoms with Crippen molar-refractivity contribution in [1.82, 2.24) is 0 Å². The van der Waals surface area contributed by atoms with E-state index in [1.54, 1.807) is 6.20 Å². The molecule has 0 saturated carbocycles. The topological polar surface area (TPSA) is 52.0 Å². The van der Waals surface area contributed by atoms with Crippen molar-refractivity contribution in [3.8, 4) is 0 Å². The van der Waals surface area contributed by atoms with Gasteiger partial charge >= 0.3 is 0 Å². The maximum absolute atomic E-state index is 5.73. The van der Waals surface area contributed by atoms with E-state index in [4.69, 9.17) is 11.5 Å². The van der Waals surface area contributed by atoms with Crippen molar-refractivity contribution in [2.75, 3.05) is 0 Å². The van der Waals surface area contributed by atoms with E-state index in [0.717, 1.165) is 5.57 Å². The van der Waals surface area contributed by atoms with Crippen molar-refractivity contribution in [2.45, 2.75) is 101 Å². The number of aryl methyl sites for hydroxylation is 2. The lowest BCUT2D eigenvalue weighted by Crippen LogP contribution is -2.05. The Bertz CT molecular complexity index is 768. The van der Waals surface area contributed by atoms with Crippen molar-refractivity contribution in [3.63, 3.8) is 0 Å². The van der Waals surface area contributed by atoms with E-state index in [2.05, 4.69) is 84.9 Å². The van der Waals surface area contributed by atoms with E-state index in [9.17, 15) is 0 Å². The Balaban J connectivity index is 0. The van der Waals surface area contributed by atoms with Crippen LogP contribution in [0.15, 0.2) is 42.6 Å². The van der Waals surface area contributed by atoms with Gasteiger partial charge in [0.25, 0.3) is 0 Å². The standard InChI is InChI=1S/C15H23N.C10H15N.2C2H6/c1-10(2)14-7-6-13(12(5)9-16)8-15(14)11(3)4;1-7-4-5-10(9(3)11)6-8(7)2;2*1-2/h6-11H,16H2,1-5H3;4-6,9H,11H2,1-3H3;2*1-2H3/b12-9+;;;. The van der Waals surface area contributed by atoms with Gasteiger partial charge in [0, 0.05) is 6.04 Å². The van der Waals surface area contributed by atoms with Crippen LogP contribution in [-0.2, 0) is 0 Å². The zero-order valence-corrected chi connectivity index (χ0v) is 22.4. The first-order valence-electron chi connectivity index (χ1n) is 11.9. The molecular formula is C29H50N2. The highest BCUT2D eigenvalue weighted by atomic mass is 14.6. The van der Waals surface area contributed by atoms with Crippen LogP contribution in [-0.4, -0.2) is 0 Å². The number of hydrogen-bond donors (Lipinski definition) is 2. The Morgan fingerprint density at radius 2 is 1.26 bits per heavy atom. The van der Waals surface area contributed by atoms with Gasteiger partial charge in [0.15, 0.2) is 0 Å². The zero-order chi connectivity index (χ0) is 24.7. The van der Waals surface area contributed by atoms with Gasteiger partial charge < -0.3 is 11.5 Å². The van der Waals surface area contributed by atoms with Crippen molar-refractivity contribution in [1.29, 1.82) is 0 Å². The second-order valence-corrected chi connectivity index (χ2v) is 8.14. The molecule has 2 rings (SSSR count). The van der Waals surface area contributed by atoms with Gasteiger partial charge in [0.05, 0.1) is 0 Å². The summed E-state index contributed by atoms with van der Waals surface area (Å²) >= 11 is 0. The van der Waals surface area contributed by atoms with E-state index in [1.807, 2.05) is 34.6 Å². The molecule has 1 atom stereocenters. The maximum atomic E-state index is 5.73. The molecule has 0 amide bonds. The largest absolute Gasteiger partial charge is 0.404 e. The average Bonchev–Trinajstić information content (AvgIpc) is 2.77. The van der Waals surface area contributed by atoms with Crippen molar-refractivity contribution < 1.29 is 0 Å². The third-order valence-corrected chi connectivity index (χ3v) is 5.09. The normalized spacial score (nSPS) is 11.5. The van der Waals surface area contributed by atoms with Crippen LogP contribution in [0.3, 0.4) is 0 Å². The van der Waals surface area contributed by atoms with Crippen LogP contribution in [0.4, 0.5) is 0 Å². The summed E-state index contributed by atoms with van der Waals surface area (Å²) in [6.45, 7) is 25.2. The Kier molecular flexibility index (Phi) is 16.7. The first-order valence-corrected chi connectivity index (χ1v) is 11.9. The molecule has 0 heterocycles. The number of rotatable bonds is 4. The highest BCUT2D eigenvalue weighted by Gasteiger charge is 2.11. The van der Waals surface area contributed by atoms with Gasteiger partial charge in [0.1, 0.15) is 0 Å². The minimum atomic E-state index is 0.147. The quantitative estimate of drug-likeness (QED) is 0.514. The monoisotopic (exact) mass is 426 g/mol. The third-order valence-electron chi connectivity index (χ3n) is 5.09. The summed E-state index contributed by atoms with van der Waals surface area (Å²) in [7, 11) is 0.